The maximum atomic E-state index is 18.5. The molecule has 54 heavy (non-hydrogen) atoms. The molecule has 0 N–H and O–H groups in total. The number of para-hydroxylation sites is 8. The highest BCUT2D eigenvalue weighted by Crippen LogP contribution is 2.75. The van der Waals surface area contributed by atoms with E-state index in [4.69, 9.17) is 9.47 Å². The molecule has 8 aromatic carbocycles. The predicted molar refractivity (Wildman–Crippen MR) is 214 cm³/mol. The first-order chi connectivity index (χ1) is 26.6. The Hall–Kier alpha value is -6.89. The van der Waals surface area contributed by atoms with E-state index in [1.54, 1.807) is 0 Å². The molecule has 4 heterocycles. The van der Waals surface area contributed by atoms with Crippen molar-refractivity contribution in [3.8, 4) is 45.3 Å². The fraction of sp³-hybridized carbons (Fsp3) is 0. The van der Waals surface area contributed by atoms with Gasteiger partial charge in [-0.1, -0.05) is 109 Å². The van der Waals surface area contributed by atoms with E-state index in [0.717, 1.165) is 99.0 Å². The Balaban J connectivity index is 1.27. The maximum Gasteiger partial charge on any atom is 0.151 e. The van der Waals surface area contributed by atoms with Gasteiger partial charge in [-0.3, -0.25) is 4.21 Å². The molecule has 0 aromatic heterocycles. The summed E-state index contributed by atoms with van der Waals surface area (Å²) < 4.78 is 31.5. The van der Waals surface area contributed by atoms with Gasteiger partial charge in [0.15, 0.2) is 23.0 Å². The minimum absolute atomic E-state index is 0.741. The van der Waals surface area contributed by atoms with E-state index < -0.39 is 9.07 Å². The van der Waals surface area contributed by atoms with Gasteiger partial charge in [0.05, 0.1) is 43.9 Å². The first-order valence-corrected chi connectivity index (χ1v) is 20.1. The number of hydrogen-bond donors (Lipinski definition) is 0. The molecular formula is C48H30N2O3S. The van der Waals surface area contributed by atoms with Crippen LogP contribution in [0.5, 0.6) is 23.0 Å². The van der Waals surface area contributed by atoms with Crippen molar-refractivity contribution in [3.05, 3.63) is 182 Å². The Morgan fingerprint density at radius 1 is 0.315 bits per heavy atom. The second kappa shape index (κ2) is 10.4. The van der Waals surface area contributed by atoms with Gasteiger partial charge in [0.25, 0.3) is 0 Å². The largest absolute Gasteiger partial charge is 0.453 e. The maximum absolute atomic E-state index is 18.5. The van der Waals surface area contributed by atoms with Crippen molar-refractivity contribution in [2.45, 2.75) is 19.6 Å². The highest BCUT2D eigenvalue weighted by molar-refractivity contribution is 8.21. The number of fused-ring (bicyclic) bond motifs is 14. The fourth-order valence-corrected chi connectivity index (χ4v) is 14.8. The molecule has 12 rings (SSSR count). The molecule has 0 bridgehead atoms. The van der Waals surface area contributed by atoms with Crippen LogP contribution in [0.4, 0.5) is 34.1 Å². The minimum atomic E-state index is -4.46. The summed E-state index contributed by atoms with van der Waals surface area (Å²) >= 11 is 0. The number of rotatable bonds is 2. The summed E-state index contributed by atoms with van der Waals surface area (Å²) in [6.45, 7) is 0. The third-order valence-electron chi connectivity index (χ3n) is 11.3. The summed E-state index contributed by atoms with van der Waals surface area (Å²) in [7, 11) is -4.46. The predicted octanol–water partition coefficient (Wildman–Crippen LogP) is 13.2. The monoisotopic (exact) mass is 714 g/mol. The van der Waals surface area contributed by atoms with Crippen LogP contribution in [0.1, 0.15) is 0 Å². The van der Waals surface area contributed by atoms with Crippen molar-refractivity contribution < 1.29 is 13.7 Å². The van der Waals surface area contributed by atoms with Crippen LogP contribution in [0.2, 0.25) is 0 Å². The molecule has 0 saturated heterocycles. The van der Waals surface area contributed by atoms with E-state index in [-0.39, 0.29) is 0 Å². The summed E-state index contributed by atoms with van der Waals surface area (Å²) in [5, 5.41) is 0. The van der Waals surface area contributed by atoms with Crippen LogP contribution < -0.4 is 19.3 Å². The topological polar surface area (TPSA) is 42.0 Å². The van der Waals surface area contributed by atoms with Crippen LogP contribution in [0.3, 0.4) is 0 Å². The molecule has 5 nitrogen and oxygen atoms in total. The number of hydrogen-bond acceptors (Lipinski definition) is 5. The molecule has 256 valence electrons. The smallest absolute Gasteiger partial charge is 0.151 e. The van der Waals surface area contributed by atoms with Gasteiger partial charge in [-0.15, -0.1) is 0 Å². The van der Waals surface area contributed by atoms with Crippen LogP contribution in [0.25, 0.3) is 22.3 Å². The lowest BCUT2D eigenvalue weighted by Crippen LogP contribution is -2.33. The molecule has 0 radical (unpaired) electrons. The average Bonchev–Trinajstić information content (AvgIpc) is 3.62. The first-order valence-electron chi connectivity index (χ1n) is 18.1. The molecule has 0 atom stereocenters. The fourth-order valence-electron chi connectivity index (χ4n) is 9.29. The Bertz CT molecular complexity index is 2710. The zero-order chi connectivity index (χ0) is 35.6. The van der Waals surface area contributed by atoms with E-state index >= 15 is 4.21 Å². The van der Waals surface area contributed by atoms with Gasteiger partial charge >= 0.3 is 0 Å². The summed E-state index contributed by atoms with van der Waals surface area (Å²) in [5.74, 6) is 2.97. The lowest BCUT2D eigenvalue weighted by molar-refractivity contribution is 0.476. The van der Waals surface area contributed by atoms with Crippen LogP contribution in [-0.4, -0.2) is 4.21 Å². The van der Waals surface area contributed by atoms with Crippen molar-refractivity contribution in [2.24, 2.45) is 0 Å². The van der Waals surface area contributed by atoms with E-state index in [0.29, 0.717) is 0 Å². The summed E-state index contributed by atoms with van der Waals surface area (Å²) in [4.78, 5) is 7.75. The van der Waals surface area contributed by atoms with Gasteiger partial charge in [0.2, 0.25) is 0 Å². The zero-order valence-corrected chi connectivity index (χ0v) is 29.7. The SMILES string of the molecule is O=S12(c3ccccc3-c3cccc(N4c5ccccc5Oc5ccccc54)c31)c1ccccc1-c1cccc(N3c4ccccc4Oc4ccccc43)c12. The standard InChI is InChI=1S/C48H30N2O3S/c51-54(45-29-11-1-15-31(45)33-17-13-23-39(47(33)54)49-35-19-3-7-25-41(35)52-42-26-8-4-20-36(42)49)46-30-12-2-16-32(46)34-18-14-24-40(48(34)54)50-37-21-5-9-27-43(37)53-44-28-10-6-22-38(44)50/h1-30H. The second-order valence-corrected chi connectivity index (χ2v) is 17.6. The molecule has 6 heteroatoms. The molecule has 1 spiro atoms. The normalized spacial score (nSPS) is 16.1. The van der Waals surface area contributed by atoms with Gasteiger partial charge in [0.1, 0.15) is 0 Å². The third-order valence-corrected chi connectivity index (χ3v) is 16.1. The zero-order valence-electron chi connectivity index (χ0n) is 28.8. The van der Waals surface area contributed by atoms with Crippen molar-refractivity contribution >= 4 is 43.2 Å². The third kappa shape index (κ3) is 3.47. The molecule has 0 amide bonds. The minimum Gasteiger partial charge on any atom is -0.453 e. The summed E-state index contributed by atoms with van der Waals surface area (Å²) in [6.07, 6.45) is 0. The van der Waals surface area contributed by atoms with E-state index in [1.165, 1.54) is 0 Å². The number of ether oxygens (including phenoxy) is 2. The molecule has 0 aliphatic carbocycles. The van der Waals surface area contributed by atoms with Crippen molar-refractivity contribution in [1.29, 1.82) is 0 Å². The van der Waals surface area contributed by atoms with Crippen LogP contribution in [0, 0.1) is 0 Å². The van der Waals surface area contributed by atoms with Gasteiger partial charge < -0.3 is 19.3 Å². The molecule has 0 fully saturated rings. The quantitative estimate of drug-likeness (QED) is 0.178. The highest BCUT2D eigenvalue weighted by atomic mass is 32.3. The molecular weight excluding hydrogens is 685 g/mol. The van der Waals surface area contributed by atoms with Crippen LogP contribution >= 0.6 is 0 Å². The van der Waals surface area contributed by atoms with Crippen molar-refractivity contribution in [2.75, 3.05) is 9.80 Å². The Labute approximate surface area is 312 Å². The lowest BCUT2D eigenvalue weighted by Gasteiger charge is -2.44. The van der Waals surface area contributed by atoms with Crippen molar-refractivity contribution in [1.82, 2.24) is 0 Å². The Morgan fingerprint density at radius 3 is 1.00 bits per heavy atom. The first kappa shape index (κ1) is 29.7. The van der Waals surface area contributed by atoms with Crippen molar-refractivity contribution in [3.63, 3.8) is 0 Å². The van der Waals surface area contributed by atoms with E-state index in [2.05, 4.69) is 107 Å². The van der Waals surface area contributed by atoms with Gasteiger partial charge in [-0.05, 0) is 83.9 Å². The number of nitrogens with zero attached hydrogens (tertiary/aromatic N) is 2. The van der Waals surface area contributed by atoms with Crippen LogP contribution in [0.15, 0.2) is 202 Å². The van der Waals surface area contributed by atoms with Crippen LogP contribution in [-0.2, 0) is 9.07 Å². The molecule has 0 unspecified atom stereocenters. The average molecular weight is 715 g/mol. The summed E-state index contributed by atoms with van der Waals surface area (Å²) in [6, 6.07) is 61.8. The van der Waals surface area contributed by atoms with E-state index in [1.807, 2.05) is 84.9 Å². The van der Waals surface area contributed by atoms with Gasteiger partial charge in [-0.2, -0.15) is 0 Å². The Morgan fingerprint density at radius 2 is 0.611 bits per heavy atom. The molecule has 4 aliphatic heterocycles. The molecule has 0 saturated carbocycles. The number of benzene rings is 8. The number of anilines is 6. The molecule has 4 aliphatic rings. The van der Waals surface area contributed by atoms with Gasteiger partial charge in [-0.25, -0.2) is 0 Å². The highest BCUT2D eigenvalue weighted by Gasteiger charge is 2.61. The lowest BCUT2D eigenvalue weighted by atomic mass is 10.0. The van der Waals surface area contributed by atoms with Gasteiger partial charge in [0, 0.05) is 30.0 Å². The van der Waals surface area contributed by atoms with E-state index in [9.17, 15) is 0 Å². The second-order valence-electron chi connectivity index (χ2n) is 14.0. The summed E-state index contributed by atoms with van der Waals surface area (Å²) in [5.41, 5.74) is 9.12. The Kier molecular flexibility index (Phi) is 5.70. The molecule has 8 aromatic rings.